The van der Waals surface area contributed by atoms with Gasteiger partial charge in [0.25, 0.3) is 0 Å². The minimum Gasteiger partial charge on any atom is -0.497 e. The largest absolute Gasteiger partial charge is 0.497 e. The van der Waals surface area contributed by atoms with Crippen LogP contribution in [0.3, 0.4) is 0 Å². The van der Waals surface area contributed by atoms with E-state index in [2.05, 4.69) is 6.92 Å². The van der Waals surface area contributed by atoms with E-state index in [4.69, 9.17) is 9.47 Å². The summed E-state index contributed by atoms with van der Waals surface area (Å²) in [5.41, 5.74) is -0.475. The Kier molecular flexibility index (Phi) is 7.84. The molecule has 0 bridgehead atoms. The van der Waals surface area contributed by atoms with Gasteiger partial charge in [-0.15, -0.1) is 0 Å². The lowest BCUT2D eigenvalue weighted by Crippen LogP contribution is -2.22. The summed E-state index contributed by atoms with van der Waals surface area (Å²) >= 11 is 0. The SMILES string of the molecule is CCCC1CCC(C2=CCC(c3ccc(-c4ccc(OCC)c(F)c4F)c(F)c3F)CO2)CC1. The van der Waals surface area contributed by atoms with Gasteiger partial charge < -0.3 is 9.47 Å². The Morgan fingerprint density at radius 3 is 2.12 bits per heavy atom. The third kappa shape index (κ3) is 4.96. The van der Waals surface area contributed by atoms with Crippen molar-refractivity contribution in [1.82, 2.24) is 0 Å². The van der Waals surface area contributed by atoms with E-state index in [9.17, 15) is 13.2 Å². The van der Waals surface area contributed by atoms with Crippen LogP contribution < -0.4 is 4.74 Å². The van der Waals surface area contributed by atoms with Gasteiger partial charge in [-0.1, -0.05) is 31.9 Å². The molecule has 2 aromatic carbocycles. The standard InChI is InChI=1S/C28H32F4O2/c1-3-5-17-6-8-18(9-7-17)23-14-10-19(16-34-23)20-11-12-21(26(30)25(20)29)22-13-15-24(33-4-2)28(32)27(22)31/h11-15,17-19H,3-10,16H2,1-2H3. The van der Waals surface area contributed by atoms with Gasteiger partial charge in [0.2, 0.25) is 5.82 Å². The maximum absolute atomic E-state index is 15.0. The molecule has 1 unspecified atom stereocenters. The van der Waals surface area contributed by atoms with Gasteiger partial charge in [0.1, 0.15) is 0 Å². The number of hydrogen-bond acceptors (Lipinski definition) is 2. The molecule has 2 aliphatic rings. The Balaban J connectivity index is 1.49. The molecule has 4 rings (SSSR count). The topological polar surface area (TPSA) is 18.5 Å². The van der Waals surface area contributed by atoms with Crippen molar-refractivity contribution in [3.05, 3.63) is 64.9 Å². The van der Waals surface area contributed by atoms with Crippen LogP contribution in [0.25, 0.3) is 11.1 Å². The molecule has 0 amide bonds. The van der Waals surface area contributed by atoms with Crippen molar-refractivity contribution in [2.24, 2.45) is 11.8 Å². The molecule has 0 aromatic heterocycles. The molecule has 0 spiro atoms. The highest BCUT2D eigenvalue weighted by Gasteiger charge is 2.30. The number of benzene rings is 2. The van der Waals surface area contributed by atoms with Crippen molar-refractivity contribution in [2.45, 2.75) is 64.7 Å². The lowest BCUT2D eigenvalue weighted by Gasteiger charge is -2.33. The van der Waals surface area contributed by atoms with Crippen molar-refractivity contribution in [3.8, 4) is 16.9 Å². The van der Waals surface area contributed by atoms with E-state index in [1.807, 2.05) is 6.08 Å². The zero-order valence-electron chi connectivity index (χ0n) is 19.8. The summed E-state index contributed by atoms with van der Waals surface area (Å²) in [5, 5.41) is 0. The van der Waals surface area contributed by atoms with Crippen molar-refractivity contribution < 1.29 is 27.0 Å². The molecule has 0 saturated heterocycles. The second kappa shape index (κ2) is 10.8. The molecule has 1 aliphatic carbocycles. The lowest BCUT2D eigenvalue weighted by atomic mass is 9.78. The monoisotopic (exact) mass is 476 g/mol. The van der Waals surface area contributed by atoms with Crippen LogP contribution in [0.4, 0.5) is 17.6 Å². The van der Waals surface area contributed by atoms with E-state index in [0.717, 1.165) is 24.5 Å². The van der Waals surface area contributed by atoms with Gasteiger partial charge in [-0.05, 0) is 68.7 Å². The number of allylic oxidation sites excluding steroid dienone is 2. The van der Waals surface area contributed by atoms with Gasteiger partial charge in [0.15, 0.2) is 23.2 Å². The van der Waals surface area contributed by atoms with Gasteiger partial charge in [-0.25, -0.2) is 13.2 Å². The Labute approximate surface area is 199 Å². The third-order valence-electron chi connectivity index (χ3n) is 7.19. The summed E-state index contributed by atoms with van der Waals surface area (Å²) in [4.78, 5) is 0. The summed E-state index contributed by atoms with van der Waals surface area (Å²) < 4.78 is 69.9. The molecule has 1 saturated carbocycles. The van der Waals surface area contributed by atoms with Crippen LogP contribution in [-0.4, -0.2) is 13.2 Å². The fourth-order valence-electron chi connectivity index (χ4n) is 5.32. The van der Waals surface area contributed by atoms with Crippen molar-refractivity contribution in [2.75, 3.05) is 13.2 Å². The van der Waals surface area contributed by atoms with Gasteiger partial charge in [-0.3, -0.25) is 0 Å². The zero-order valence-corrected chi connectivity index (χ0v) is 19.8. The molecule has 184 valence electrons. The molecule has 34 heavy (non-hydrogen) atoms. The van der Waals surface area contributed by atoms with E-state index >= 15 is 4.39 Å². The third-order valence-corrected chi connectivity index (χ3v) is 7.19. The fourth-order valence-corrected chi connectivity index (χ4v) is 5.32. The molecule has 1 heterocycles. The summed E-state index contributed by atoms with van der Waals surface area (Å²) in [7, 11) is 0. The molecule has 1 atom stereocenters. The first-order chi connectivity index (χ1) is 16.4. The van der Waals surface area contributed by atoms with E-state index < -0.39 is 23.3 Å². The van der Waals surface area contributed by atoms with E-state index in [-0.39, 0.29) is 41.6 Å². The minimum atomic E-state index is -1.26. The number of hydrogen-bond donors (Lipinski definition) is 0. The Hall–Kier alpha value is -2.50. The molecule has 0 N–H and O–H groups in total. The van der Waals surface area contributed by atoms with Gasteiger partial charge in [-0.2, -0.15) is 4.39 Å². The molecule has 1 fully saturated rings. The van der Waals surface area contributed by atoms with Crippen molar-refractivity contribution in [1.29, 1.82) is 0 Å². The molecule has 6 heteroatoms. The summed E-state index contributed by atoms with van der Waals surface area (Å²) in [5.74, 6) is -3.11. The van der Waals surface area contributed by atoms with Crippen molar-refractivity contribution in [3.63, 3.8) is 0 Å². The predicted molar refractivity (Wildman–Crippen MR) is 125 cm³/mol. The van der Waals surface area contributed by atoms with E-state index in [1.165, 1.54) is 49.9 Å². The Morgan fingerprint density at radius 1 is 0.824 bits per heavy atom. The predicted octanol–water partition coefficient (Wildman–Crippen LogP) is 8.30. The maximum Gasteiger partial charge on any atom is 0.201 e. The van der Waals surface area contributed by atoms with E-state index in [0.29, 0.717) is 12.3 Å². The second-order valence-electron chi connectivity index (χ2n) is 9.36. The van der Waals surface area contributed by atoms with Crippen LogP contribution in [-0.2, 0) is 4.74 Å². The second-order valence-corrected chi connectivity index (χ2v) is 9.36. The smallest absolute Gasteiger partial charge is 0.201 e. The average Bonchev–Trinajstić information content (AvgIpc) is 2.85. The quantitative estimate of drug-likeness (QED) is 0.374. The van der Waals surface area contributed by atoms with Crippen LogP contribution in [0, 0.1) is 35.1 Å². The zero-order chi connectivity index (χ0) is 24.2. The highest BCUT2D eigenvalue weighted by atomic mass is 19.2. The maximum atomic E-state index is 15.0. The molecule has 0 radical (unpaired) electrons. The van der Waals surface area contributed by atoms with Crippen LogP contribution in [0.1, 0.15) is 70.3 Å². The summed E-state index contributed by atoms with van der Waals surface area (Å²) in [6.07, 6.45) is 9.74. The number of ether oxygens (including phenoxy) is 2. The highest BCUT2D eigenvalue weighted by molar-refractivity contribution is 5.66. The number of halogens is 4. The number of rotatable bonds is 7. The van der Waals surface area contributed by atoms with Crippen LogP contribution >= 0.6 is 0 Å². The normalized spacial score (nSPS) is 22.8. The summed E-state index contributed by atoms with van der Waals surface area (Å²) in [6.45, 7) is 4.31. The van der Waals surface area contributed by atoms with Gasteiger partial charge in [0, 0.05) is 23.0 Å². The first kappa shape index (κ1) is 24.6. The van der Waals surface area contributed by atoms with E-state index in [1.54, 1.807) is 6.92 Å². The first-order valence-electron chi connectivity index (χ1n) is 12.4. The summed E-state index contributed by atoms with van der Waals surface area (Å²) in [6, 6.07) is 5.18. The average molecular weight is 477 g/mol. The highest BCUT2D eigenvalue weighted by Crippen LogP contribution is 2.40. The molecule has 2 aromatic rings. The lowest BCUT2D eigenvalue weighted by molar-refractivity contribution is 0.121. The molecule has 1 aliphatic heterocycles. The first-order valence-corrected chi connectivity index (χ1v) is 12.4. The van der Waals surface area contributed by atoms with Gasteiger partial charge in [0.05, 0.1) is 19.0 Å². The Bertz CT molecular complexity index is 1040. The minimum absolute atomic E-state index is 0.160. The van der Waals surface area contributed by atoms with Crippen molar-refractivity contribution >= 4 is 0 Å². The molecule has 2 nitrogen and oxygen atoms in total. The fraction of sp³-hybridized carbons (Fsp3) is 0.500. The van der Waals surface area contributed by atoms with Crippen LogP contribution in [0.2, 0.25) is 0 Å². The molecular formula is C28H32F4O2. The molecular weight excluding hydrogens is 444 g/mol. The Morgan fingerprint density at radius 2 is 1.50 bits per heavy atom. The van der Waals surface area contributed by atoms with Gasteiger partial charge >= 0.3 is 0 Å². The van der Waals surface area contributed by atoms with Crippen LogP contribution in [0.5, 0.6) is 5.75 Å². The van der Waals surface area contributed by atoms with Crippen LogP contribution in [0.15, 0.2) is 36.1 Å².